The third-order valence-electron chi connectivity index (χ3n) is 4.40. The Balaban J connectivity index is 0.00000225. The number of nitrogens with two attached hydrogens (primary N) is 1. The molecule has 8 heteroatoms. The largest absolute Gasteiger partial charge is 0.398 e. The number of anilines is 2. The van der Waals surface area contributed by atoms with Crippen LogP contribution in [0.2, 0.25) is 0 Å². The van der Waals surface area contributed by atoms with Gasteiger partial charge in [-0.3, -0.25) is 9.59 Å². The van der Waals surface area contributed by atoms with E-state index in [1.165, 1.54) is 11.8 Å². The Kier molecular flexibility index (Phi) is 7.40. The van der Waals surface area contributed by atoms with Crippen molar-refractivity contribution in [1.29, 1.82) is 0 Å². The average Bonchev–Trinajstić information content (AvgIpc) is 2.62. The van der Waals surface area contributed by atoms with Gasteiger partial charge in [0.05, 0.1) is 24.7 Å². The molecule has 1 fully saturated rings. The quantitative estimate of drug-likeness (QED) is 0.796. The van der Waals surface area contributed by atoms with E-state index in [2.05, 4.69) is 0 Å². The van der Waals surface area contributed by atoms with E-state index in [0.29, 0.717) is 44.4 Å². The molecule has 25 heavy (non-hydrogen) atoms. The summed E-state index contributed by atoms with van der Waals surface area (Å²) in [6.45, 7) is 3.20. The Labute approximate surface area is 158 Å². The minimum absolute atomic E-state index is 0. The molecule has 2 aliphatic heterocycles. The van der Waals surface area contributed by atoms with E-state index in [9.17, 15) is 9.59 Å². The summed E-state index contributed by atoms with van der Waals surface area (Å²) in [6.07, 6.45) is 1.83. The molecule has 2 heterocycles. The monoisotopic (exact) mass is 385 g/mol. The van der Waals surface area contributed by atoms with Gasteiger partial charge in [0.2, 0.25) is 11.8 Å². The van der Waals surface area contributed by atoms with Crippen LogP contribution in [0.1, 0.15) is 12.0 Å². The number of nitrogens with zero attached hydrogens (tertiary/aromatic N) is 2. The van der Waals surface area contributed by atoms with Crippen LogP contribution in [0.4, 0.5) is 11.4 Å². The predicted octanol–water partition coefficient (Wildman–Crippen LogP) is 1.56. The zero-order chi connectivity index (χ0) is 16.9. The van der Waals surface area contributed by atoms with Gasteiger partial charge in [-0.1, -0.05) is 6.07 Å². The van der Waals surface area contributed by atoms with Crippen LogP contribution in [0.5, 0.6) is 0 Å². The number of thioether (sulfide) groups is 1. The summed E-state index contributed by atoms with van der Waals surface area (Å²) in [4.78, 5) is 28.3. The highest BCUT2D eigenvalue weighted by atomic mass is 35.5. The van der Waals surface area contributed by atoms with E-state index in [1.807, 2.05) is 18.2 Å². The Morgan fingerprint density at radius 1 is 1.12 bits per heavy atom. The highest BCUT2D eigenvalue weighted by Gasteiger charge is 2.24. The number of carbonyl (C=O) groups is 2. The topological polar surface area (TPSA) is 75.9 Å². The Hall–Kier alpha value is -1.44. The van der Waals surface area contributed by atoms with Gasteiger partial charge in [-0.15, -0.1) is 24.2 Å². The lowest BCUT2D eigenvalue weighted by Crippen LogP contribution is -2.42. The highest BCUT2D eigenvalue weighted by molar-refractivity contribution is 8.00. The van der Waals surface area contributed by atoms with Crippen LogP contribution in [0.3, 0.4) is 0 Å². The van der Waals surface area contributed by atoms with Crippen molar-refractivity contribution in [3.63, 3.8) is 0 Å². The number of amides is 2. The first-order valence-electron chi connectivity index (χ1n) is 8.28. The summed E-state index contributed by atoms with van der Waals surface area (Å²) in [5, 5.41) is 0. The molecule has 0 aromatic heterocycles. The lowest BCUT2D eigenvalue weighted by atomic mass is 10.00. The van der Waals surface area contributed by atoms with Gasteiger partial charge in [0.25, 0.3) is 0 Å². The number of morpholine rings is 1. The molecule has 0 atom stereocenters. The molecule has 0 aliphatic carbocycles. The third-order valence-corrected chi connectivity index (χ3v) is 5.30. The number of rotatable bonds is 4. The smallest absolute Gasteiger partial charge is 0.236 e. The molecule has 2 N–H and O–H groups in total. The Bertz CT molecular complexity index is 623. The number of ether oxygens (including phenoxy) is 1. The molecule has 1 saturated heterocycles. The number of benzene rings is 1. The van der Waals surface area contributed by atoms with Crippen LogP contribution < -0.4 is 10.6 Å². The number of carbonyl (C=O) groups excluding carboxylic acids is 2. The summed E-state index contributed by atoms with van der Waals surface area (Å²) in [7, 11) is 0. The molecule has 0 bridgehead atoms. The number of hydrogen-bond acceptors (Lipinski definition) is 5. The van der Waals surface area contributed by atoms with Gasteiger partial charge >= 0.3 is 0 Å². The van der Waals surface area contributed by atoms with E-state index < -0.39 is 0 Å². The maximum absolute atomic E-state index is 12.5. The average molecular weight is 386 g/mol. The Morgan fingerprint density at radius 3 is 2.60 bits per heavy atom. The van der Waals surface area contributed by atoms with Gasteiger partial charge in [-0.05, 0) is 30.5 Å². The summed E-state index contributed by atoms with van der Waals surface area (Å²) in [5.74, 6) is 0.772. The molecule has 1 aromatic rings. The fraction of sp³-hybridized carbons (Fsp3) is 0.529. The molecule has 138 valence electrons. The molecular formula is C17H24ClN3O3S. The Morgan fingerprint density at radius 2 is 1.84 bits per heavy atom. The van der Waals surface area contributed by atoms with Crippen LogP contribution in [0.15, 0.2) is 18.2 Å². The predicted molar refractivity (Wildman–Crippen MR) is 104 cm³/mol. The summed E-state index contributed by atoms with van der Waals surface area (Å²) < 4.78 is 5.24. The molecule has 0 unspecified atom stereocenters. The lowest BCUT2D eigenvalue weighted by Gasteiger charge is -2.30. The fourth-order valence-electron chi connectivity index (χ4n) is 3.12. The third kappa shape index (κ3) is 4.80. The van der Waals surface area contributed by atoms with Gasteiger partial charge in [0.15, 0.2) is 0 Å². The fourth-order valence-corrected chi connectivity index (χ4v) is 3.91. The van der Waals surface area contributed by atoms with Gasteiger partial charge in [0, 0.05) is 31.0 Å². The van der Waals surface area contributed by atoms with E-state index in [4.69, 9.17) is 10.5 Å². The van der Waals surface area contributed by atoms with Crippen molar-refractivity contribution in [2.45, 2.75) is 12.8 Å². The molecule has 0 radical (unpaired) electrons. The molecule has 1 aromatic carbocycles. The van der Waals surface area contributed by atoms with Crippen molar-refractivity contribution < 1.29 is 14.3 Å². The standard InChI is InChI=1S/C17H23N3O3S.ClH/c18-14-4-1-5-15-13(14)3-2-6-20(15)17(22)12-24-11-16(21)19-7-9-23-10-8-19;/h1,4-5H,2-3,6-12,18H2;1H. The van der Waals surface area contributed by atoms with Gasteiger partial charge in [-0.2, -0.15) is 0 Å². The van der Waals surface area contributed by atoms with Crippen molar-refractivity contribution in [3.8, 4) is 0 Å². The van der Waals surface area contributed by atoms with E-state index in [0.717, 1.165) is 29.8 Å². The summed E-state index contributed by atoms with van der Waals surface area (Å²) >= 11 is 1.38. The van der Waals surface area contributed by atoms with Crippen LogP contribution >= 0.6 is 24.2 Å². The second-order valence-electron chi connectivity index (χ2n) is 5.98. The maximum Gasteiger partial charge on any atom is 0.236 e. The van der Waals surface area contributed by atoms with Crippen molar-refractivity contribution in [1.82, 2.24) is 4.90 Å². The highest BCUT2D eigenvalue weighted by Crippen LogP contribution is 2.31. The van der Waals surface area contributed by atoms with Crippen molar-refractivity contribution in [2.75, 3.05) is 55.0 Å². The van der Waals surface area contributed by atoms with Gasteiger partial charge in [0.1, 0.15) is 0 Å². The molecule has 6 nitrogen and oxygen atoms in total. The van der Waals surface area contributed by atoms with Crippen molar-refractivity contribution in [3.05, 3.63) is 23.8 Å². The molecule has 0 spiro atoms. The second-order valence-corrected chi connectivity index (χ2v) is 6.97. The zero-order valence-corrected chi connectivity index (χ0v) is 15.7. The summed E-state index contributed by atoms with van der Waals surface area (Å²) in [6, 6.07) is 5.71. The molecular weight excluding hydrogens is 362 g/mol. The number of hydrogen-bond donors (Lipinski definition) is 1. The first-order chi connectivity index (χ1) is 11.7. The van der Waals surface area contributed by atoms with Gasteiger partial charge < -0.3 is 20.3 Å². The van der Waals surface area contributed by atoms with E-state index in [-0.39, 0.29) is 24.2 Å². The lowest BCUT2D eigenvalue weighted by molar-refractivity contribution is -0.132. The molecule has 3 rings (SSSR count). The molecule has 2 amide bonds. The van der Waals surface area contributed by atoms with Gasteiger partial charge in [-0.25, -0.2) is 0 Å². The first kappa shape index (κ1) is 19.9. The maximum atomic E-state index is 12.5. The van der Waals surface area contributed by atoms with Crippen LogP contribution in [-0.2, 0) is 20.7 Å². The number of fused-ring (bicyclic) bond motifs is 1. The zero-order valence-electron chi connectivity index (χ0n) is 14.1. The SMILES string of the molecule is Cl.Nc1cccc2c1CCCN2C(=O)CSCC(=O)N1CCOCC1. The number of nitrogen functional groups attached to an aromatic ring is 1. The van der Waals surface area contributed by atoms with Crippen molar-refractivity contribution in [2.24, 2.45) is 0 Å². The second kappa shape index (κ2) is 9.31. The normalized spacial score (nSPS) is 16.8. The first-order valence-corrected chi connectivity index (χ1v) is 9.43. The minimum atomic E-state index is 0. The molecule has 0 saturated carbocycles. The summed E-state index contributed by atoms with van der Waals surface area (Å²) in [5.41, 5.74) is 8.76. The molecule has 2 aliphatic rings. The van der Waals surface area contributed by atoms with Crippen LogP contribution in [0, 0.1) is 0 Å². The van der Waals surface area contributed by atoms with Crippen LogP contribution in [-0.4, -0.2) is 61.1 Å². The number of halogens is 1. The minimum Gasteiger partial charge on any atom is -0.398 e. The van der Waals surface area contributed by atoms with Crippen molar-refractivity contribution >= 4 is 47.4 Å². The van der Waals surface area contributed by atoms with E-state index in [1.54, 1.807) is 9.80 Å². The van der Waals surface area contributed by atoms with Crippen LogP contribution in [0.25, 0.3) is 0 Å². The van der Waals surface area contributed by atoms with E-state index >= 15 is 0 Å².